The molecule has 25 heavy (non-hydrogen) atoms. The molecule has 140 valence electrons. The lowest BCUT2D eigenvalue weighted by molar-refractivity contribution is -0.130. The molecule has 0 saturated carbocycles. The van der Waals surface area contributed by atoms with E-state index in [9.17, 15) is 9.90 Å². The zero-order chi connectivity index (χ0) is 17.8. The second kappa shape index (κ2) is 8.25. The number of likely N-dealkylation sites (tertiary alicyclic amines) is 1. The van der Waals surface area contributed by atoms with Crippen LogP contribution in [0.1, 0.15) is 18.1 Å². The molecule has 2 aliphatic rings. The summed E-state index contributed by atoms with van der Waals surface area (Å²) in [6, 6.07) is 0. The molecule has 1 aromatic rings. The molecule has 3 rings (SSSR count). The number of aliphatic hydroxyl groups excluding tert-OH is 1. The highest BCUT2D eigenvalue weighted by molar-refractivity contribution is 5.76. The number of carbonyl (C=O) groups is 1. The zero-order valence-corrected chi connectivity index (χ0v) is 15.3. The van der Waals surface area contributed by atoms with Crippen molar-refractivity contribution >= 4 is 5.91 Å². The van der Waals surface area contributed by atoms with Crippen molar-refractivity contribution < 1.29 is 9.90 Å². The Balaban J connectivity index is 1.49. The summed E-state index contributed by atoms with van der Waals surface area (Å²) in [7, 11) is 2.15. The van der Waals surface area contributed by atoms with E-state index in [1.807, 2.05) is 11.8 Å². The molecule has 3 heterocycles. The van der Waals surface area contributed by atoms with Crippen LogP contribution in [0.15, 0.2) is 0 Å². The van der Waals surface area contributed by atoms with Crippen LogP contribution in [0.5, 0.6) is 0 Å². The van der Waals surface area contributed by atoms with Gasteiger partial charge in [0.25, 0.3) is 0 Å². The molecular weight excluding hydrogens is 320 g/mol. The lowest BCUT2D eigenvalue weighted by Crippen LogP contribution is -2.47. The highest BCUT2D eigenvalue weighted by Gasteiger charge is 2.35. The van der Waals surface area contributed by atoms with E-state index in [-0.39, 0.29) is 18.4 Å². The number of carbonyl (C=O) groups excluding carboxylic acids is 1. The third-order valence-corrected chi connectivity index (χ3v) is 5.46. The quantitative estimate of drug-likeness (QED) is 0.710. The van der Waals surface area contributed by atoms with Gasteiger partial charge < -0.3 is 19.8 Å². The van der Waals surface area contributed by atoms with Crippen LogP contribution in [-0.2, 0) is 11.2 Å². The van der Waals surface area contributed by atoms with Gasteiger partial charge in [0.1, 0.15) is 5.82 Å². The zero-order valence-electron chi connectivity index (χ0n) is 15.3. The molecule has 0 aliphatic carbocycles. The van der Waals surface area contributed by atoms with Crippen molar-refractivity contribution in [1.82, 2.24) is 29.9 Å². The van der Waals surface area contributed by atoms with Gasteiger partial charge >= 0.3 is 0 Å². The van der Waals surface area contributed by atoms with E-state index in [1.165, 1.54) is 0 Å². The Morgan fingerprint density at radius 2 is 1.96 bits per heavy atom. The van der Waals surface area contributed by atoms with Crippen LogP contribution in [0, 0.1) is 18.8 Å². The number of aryl methyl sites for hydroxylation is 2. The first-order valence-electron chi connectivity index (χ1n) is 9.22. The molecule has 8 nitrogen and oxygen atoms in total. The third kappa shape index (κ3) is 4.77. The van der Waals surface area contributed by atoms with E-state index in [1.54, 1.807) is 0 Å². The number of nitrogens with zero attached hydrogens (tertiary/aromatic N) is 5. The van der Waals surface area contributed by atoms with E-state index in [2.05, 4.69) is 32.0 Å². The topological polar surface area (TPSA) is 88.6 Å². The lowest BCUT2D eigenvalue weighted by Gasteiger charge is -2.34. The first kappa shape index (κ1) is 18.3. The summed E-state index contributed by atoms with van der Waals surface area (Å²) in [5.74, 6) is 2.16. The van der Waals surface area contributed by atoms with Crippen molar-refractivity contribution in [2.75, 3.05) is 59.5 Å². The molecule has 2 atom stereocenters. The number of nitrogens with one attached hydrogen (secondary N) is 1. The Morgan fingerprint density at radius 3 is 2.60 bits per heavy atom. The predicted octanol–water partition coefficient (Wildman–Crippen LogP) is -0.640. The molecule has 1 amide bonds. The van der Waals surface area contributed by atoms with Crippen molar-refractivity contribution in [3.05, 3.63) is 11.6 Å². The van der Waals surface area contributed by atoms with Crippen LogP contribution in [0.2, 0.25) is 0 Å². The van der Waals surface area contributed by atoms with Gasteiger partial charge in [-0.15, -0.1) is 0 Å². The van der Waals surface area contributed by atoms with E-state index >= 15 is 0 Å². The van der Waals surface area contributed by atoms with Gasteiger partial charge in [0.15, 0.2) is 5.82 Å². The Hall–Kier alpha value is -1.51. The van der Waals surface area contributed by atoms with Gasteiger partial charge in [0.05, 0.1) is 0 Å². The smallest absolute Gasteiger partial charge is 0.223 e. The van der Waals surface area contributed by atoms with E-state index in [4.69, 9.17) is 0 Å². The lowest BCUT2D eigenvalue weighted by atomic mass is 9.96. The SMILES string of the molecule is Cc1nc(CCC(=O)N2CC(CO)C(CN3CCN(C)CC3)C2)n[nH]1. The maximum atomic E-state index is 12.5. The maximum Gasteiger partial charge on any atom is 0.223 e. The molecule has 0 bridgehead atoms. The van der Waals surface area contributed by atoms with Gasteiger partial charge in [-0.25, -0.2) is 4.98 Å². The molecule has 0 aromatic carbocycles. The van der Waals surface area contributed by atoms with E-state index < -0.39 is 0 Å². The number of hydrogen-bond donors (Lipinski definition) is 2. The summed E-state index contributed by atoms with van der Waals surface area (Å²) in [6.07, 6.45) is 0.989. The van der Waals surface area contributed by atoms with Gasteiger partial charge in [-0.2, -0.15) is 5.10 Å². The van der Waals surface area contributed by atoms with Crippen LogP contribution in [0.4, 0.5) is 0 Å². The summed E-state index contributed by atoms with van der Waals surface area (Å²) < 4.78 is 0. The van der Waals surface area contributed by atoms with Crippen LogP contribution in [0.25, 0.3) is 0 Å². The maximum absolute atomic E-state index is 12.5. The minimum Gasteiger partial charge on any atom is -0.396 e. The normalized spacial score (nSPS) is 25.6. The molecule has 2 saturated heterocycles. The summed E-state index contributed by atoms with van der Waals surface area (Å²) >= 11 is 0. The fourth-order valence-corrected chi connectivity index (χ4v) is 3.80. The van der Waals surface area contributed by atoms with Gasteiger partial charge in [-0.1, -0.05) is 0 Å². The molecule has 8 heteroatoms. The third-order valence-electron chi connectivity index (χ3n) is 5.46. The Labute approximate surface area is 149 Å². The number of aliphatic hydroxyl groups is 1. The first-order chi connectivity index (χ1) is 12.0. The number of H-pyrrole nitrogens is 1. The molecule has 2 unspecified atom stereocenters. The second-order valence-corrected chi connectivity index (χ2v) is 7.44. The first-order valence-corrected chi connectivity index (χ1v) is 9.22. The average Bonchev–Trinajstić information content (AvgIpc) is 3.21. The molecular formula is C17H30N6O2. The predicted molar refractivity (Wildman–Crippen MR) is 94.0 cm³/mol. The van der Waals surface area contributed by atoms with Crippen LogP contribution in [-0.4, -0.2) is 100 Å². The van der Waals surface area contributed by atoms with Crippen molar-refractivity contribution in [3.8, 4) is 0 Å². The summed E-state index contributed by atoms with van der Waals surface area (Å²) in [6.45, 7) is 8.74. The molecule has 2 aliphatic heterocycles. The number of likely N-dealkylation sites (N-methyl/N-ethyl adjacent to an activating group) is 1. The Kier molecular flexibility index (Phi) is 6.03. The van der Waals surface area contributed by atoms with Crippen molar-refractivity contribution in [1.29, 1.82) is 0 Å². The molecule has 0 radical (unpaired) electrons. The Morgan fingerprint density at radius 1 is 1.24 bits per heavy atom. The molecule has 1 aromatic heterocycles. The fourth-order valence-electron chi connectivity index (χ4n) is 3.80. The highest BCUT2D eigenvalue weighted by Crippen LogP contribution is 2.25. The number of piperazine rings is 1. The molecule has 2 N–H and O–H groups in total. The van der Waals surface area contributed by atoms with Crippen LogP contribution >= 0.6 is 0 Å². The molecule has 0 spiro atoms. The summed E-state index contributed by atoms with van der Waals surface area (Å²) in [5, 5.41) is 16.6. The van der Waals surface area contributed by atoms with Crippen LogP contribution < -0.4 is 0 Å². The number of rotatable bonds is 6. The van der Waals surface area contributed by atoms with Gasteiger partial charge in [0, 0.05) is 71.2 Å². The van der Waals surface area contributed by atoms with E-state index in [0.717, 1.165) is 45.1 Å². The summed E-state index contributed by atoms with van der Waals surface area (Å²) in [4.78, 5) is 23.5. The number of aromatic amines is 1. The van der Waals surface area contributed by atoms with E-state index in [0.29, 0.717) is 31.1 Å². The van der Waals surface area contributed by atoms with Crippen molar-refractivity contribution in [2.45, 2.75) is 19.8 Å². The number of hydrogen-bond acceptors (Lipinski definition) is 6. The monoisotopic (exact) mass is 350 g/mol. The van der Waals surface area contributed by atoms with Crippen molar-refractivity contribution in [2.24, 2.45) is 11.8 Å². The largest absolute Gasteiger partial charge is 0.396 e. The Bertz CT molecular complexity index is 569. The highest BCUT2D eigenvalue weighted by atomic mass is 16.3. The van der Waals surface area contributed by atoms with Gasteiger partial charge in [-0.3, -0.25) is 9.89 Å². The second-order valence-electron chi connectivity index (χ2n) is 7.44. The van der Waals surface area contributed by atoms with Crippen molar-refractivity contribution in [3.63, 3.8) is 0 Å². The van der Waals surface area contributed by atoms with Crippen LogP contribution in [0.3, 0.4) is 0 Å². The van der Waals surface area contributed by atoms with Gasteiger partial charge in [0.2, 0.25) is 5.91 Å². The fraction of sp³-hybridized carbons (Fsp3) is 0.824. The number of amides is 1. The average molecular weight is 350 g/mol. The minimum absolute atomic E-state index is 0.141. The summed E-state index contributed by atoms with van der Waals surface area (Å²) in [5.41, 5.74) is 0. The molecule has 2 fully saturated rings. The minimum atomic E-state index is 0.141. The standard InChI is InChI=1S/C17H30N6O2/c1-13-18-16(20-19-13)3-4-17(25)23-10-14(15(11-23)12-24)9-22-7-5-21(2)6-8-22/h14-15,24H,3-12H2,1-2H3,(H,18,19,20). The number of aromatic nitrogens is 3. The van der Waals surface area contributed by atoms with Gasteiger partial charge in [-0.05, 0) is 19.9 Å².